The van der Waals surface area contributed by atoms with E-state index in [0.29, 0.717) is 17.3 Å². The molecule has 5 nitrogen and oxygen atoms in total. The number of rotatable bonds is 5. The minimum absolute atomic E-state index is 0.0756. The summed E-state index contributed by atoms with van der Waals surface area (Å²) < 4.78 is 0. The van der Waals surface area contributed by atoms with Crippen LogP contribution in [0.4, 0.5) is 11.5 Å². The monoisotopic (exact) mass is 237 g/mol. The standard InChI is InChI=1S/C12H19N3O2/c1-5-10(8(2)3)14-12-11(15(16)17)9(4)6-7-13-12/h6-8,10H,5H2,1-4H3,(H,13,14). The summed E-state index contributed by atoms with van der Waals surface area (Å²) in [6, 6.07) is 1.85. The largest absolute Gasteiger partial charge is 0.361 e. The number of aryl methyl sites for hydroxylation is 1. The first-order chi connectivity index (χ1) is 7.97. The first-order valence-corrected chi connectivity index (χ1v) is 5.83. The molecule has 0 spiro atoms. The van der Waals surface area contributed by atoms with Gasteiger partial charge in [-0.15, -0.1) is 0 Å². The molecule has 1 aromatic heterocycles. The summed E-state index contributed by atoms with van der Waals surface area (Å²) in [5, 5.41) is 14.2. The fourth-order valence-electron chi connectivity index (χ4n) is 1.80. The van der Waals surface area contributed by atoms with E-state index in [9.17, 15) is 10.1 Å². The molecule has 94 valence electrons. The maximum Gasteiger partial charge on any atom is 0.314 e. The van der Waals surface area contributed by atoms with Gasteiger partial charge in [-0.3, -0.25) is 10.1 Å². The van der Waals surface area contributed by atoms with E-state index in [-0.39, 0.29) is 16.7 Å². The van der Waals surface area contributed by atoms with Crippen LogP contribution in [0.15, 0.2) is 12.3 Å². The predicted molar refractivity (Wildman–Crippen MR) is 68.2 cm³/mol. The van der Waals surface area contributed by atoms with Gasteiger partial charge in [-0.2, -0.15) is 0 Å². The van der Waals surface area contributed by atoms with Crippen LogP contribution < -0.4 is 5.32 Å². The minimum atomic E-state index is -0.377. The van der Waals surface area contributed by atoms with Crippen LogP contribution in [0.3, 0.4) is 0 Å². The lowest BCUT2D eigenvalue weighted by atomic mass is 10.0. The Morgan fingerprint density at radius 3 is 2.65 bits per heavy atom. The van der Waals surface area contributed by atoms with Gasteiger partial charge in [-0.05, 0) is 25.3 Å². The molecular weight excluding hydrogens is 218 g/mol. The molecule has 0 radical (unpaired) electrons. The molecule has 1 rings (SSSR count). The minimum Gasteiger partial charge on any atom is -0.361 e. The lowest BCUT2D eigenvalue weighted by molar-refractivity contribution is -0.384. The van der Waals surface area contributed by atoms with Crippen LogP contribution in [0.5, 0.6) is 0 Å². The summed E-state index contributed by atoms with van der Waals surface area (Å²) in [6.45, 7) is 7.95. The highest BCUT2D eigenvalue weighted by molar-refractivity contribution is 5.60. The molecule has 1 heterocycles. The number of hydrogen-bond acceptors (Lipinski definition) is 4. The SMILES string of the molecule is CCC(Nc1nccc(C)c1[N+](=O)[O-])C(C)C. The van der Waals surface area contributed by atoms with Gasteiger partial charge in [-0.25, -0.2) is 4.98 Å². The van der Waals surface area contributed by atoms with Gasteiger partial charge >= 0.3 is 5.69 Å². The van der Waals surface area contributed by atoms with Gasteiger partial charge in [0.15, 0.2) is 0 Å². The van der Waals surface area contributed by atoms with Crippen molar-refractivity contribution in [1.29, 1.82) is 0 Å². The molecule has 1 N–H and O–H groups in total. The average Bonchev–Trinajstić information content (AvgIpc) is 2.24. The van der Waals surface area contributed by atoms with E-state index in [4.69, 9.17) is 0 Å². The average molecular weight is 237 g/mol. The third kappa shape index (κ3) is 3.15. The smallest absolute Gasteiger partial charge is 0.314 e. The zero-order valence-corrected chi connectivity index (χ0v) is 10.7. The van der Waals surface area contributed by atoms with Gasteiger partial charge in [0.2, 0.25) is 5.82 Å². The van der Waals surface area contributed by atoms with E-state index >= 15 is 0 Å². The highest BCUT2D eigenvalue weighted by atomic mass is 16.6. The Morgan fingerprint density at radius 2 is 2.18 bits per heavy atom. The number of anilines is 1. The van der Waals surface area contributed by atoms with E-state index in [2.05, 4.69) is 31.1 Å². The van der Waals surface area contributed by atoms with Crippen molar-refractivity contribution in [2.45, 2.75) is 40.2 Å². The maximum absolute atomic E-state index is 11.0. The first-order valence-electron chi connectivity index (χ1n) is 5.83. The Kier molecular flexibility index (Phi) is 4.43. The highest BCUT2D eigenvalue weighted by Crippen LogP contribution is 2.27. The van der Waals surface area contributed by atoms with Gasteiger partial charge in [-0.1, -0.05) is 20.8 Å². The molecule has 1 aromatic rings. The number of nitro groups is 1. The molecule has 17 heavy (non-hydrogen) atoms. The molecule has 0 aliphatic heterocycles. The second-order valence-corrected chi connectivity index (χ2v) is 4.49. The van der Waals surface area contributed by atoms with E-state index < -0.39 is 0 Å². The maximum atomic E-state index is 11.0. The summed E-state index contributed by atoms with van der Waals surface area (Å²) in [6.07, 6.45) is 2.50. The molecule has 0 aromatic carbocycles. The van der Waals surface area contributed by atoms with Crippen molar-refractivity contribution in [3.05, 3.63) is 27.9 Å². The molecule has 0 amide bonds. The molecule has 0 aliphatic rings. The van der Waals surface area contributed by atoms with E-state index in [1.807, 2.05) is 0 Å². The van der Waals surface area contributed by atoms with Crippen molar-refractivity contribution >= 4 is 11.5 Å². The number of hydrogen-bond donors (Lipinski definition) is 1. The van der Waals surface area contributed by atoms with Crippen LogP contribution in [-0.2, 0) is 0 Å². The van der Waals surface area contributed by atoms with E-state index in [0.717, 1.165) is 6.42 Å². The topological polar surface area (TPSA) is 68.1 Å². The lowest BCUT2D eigenvalue weighted by Crippen LogP contribution is -2.25. The third-order valence-corrected chi connectivity index (χ3v) is 2.88. The zero-order valence-electron chi connectivity index (χ0n) is 10.7. The molecule has 0 saturated heterocycles. The van der Waals surface area contributed by atoms with Crippen molar-refractivity contribution in [1.82, 2.24) is 4.98 Å². The van der Waals surface area contributed by atoms with Crippen molar-refractivity contribution < 1.29 is 4.92 Å². The molecular formula is C12H19N3O2. The van der Waals surface area contributed by atoms with Crippen molar-refractivity contribution in [3.63, 3.8) is 0 Å². The Hall–Kier alpha value is -1.65. The van der Waals surface area contributed by atoms with Crippen molar-refractivity contribution in [2.24, 2.45) is 5.92 Å². The van der Waals surface area contributed by atoms with Crippen LogP contribution in [-0.4, -0.2) is 15.9 Å². The van der Waals surface area contributed by atoms with Crippen molar-refractivity contribution in [3.8, 4) is 0 Å². The fraction of sp³-hybridized carbons (Fsp3) is 0.583. The molecule has 0 aliphatic carbocycles. The highest BCUT2D eigenvalue weighted by Gasteiger charge is 2.21. The Morgan fingerprint density at radius 1 is 1.53 bits per heavy atom. The predicted octanol–water partition coefficient (Wildman–Crippen LogP) is 3.14. The molecule has 0 fully saturated rings. The van der Waals surface area contributed by atoms with Crippen LogP contribution in [0.2, 0.25) is 0 Å². The first kappa shape index (κ1) is 13.4. The molecule has 1 atom stereocenters. The molecule has 5 heteroatoms. The molecule has 0 saturated carbocycles. The van der Waals surface area contributed by atoms with E-state index in [1.165, 1.54) is 0 Å². The third-order valence-electron chi connectivity index (χ3n) is 2.88. The zero-order chi connectivity index (χ0) is 13.0. The van der Waals surface area contributed by atoms with E-state index in [1.54, 1.807) is 19.2 Å². The van der Waals surface area contributed by atoms with Gasteiger partial charge in [0.1, 0.15) is 0 Å². The van der Waals surface area contributed by atoms with Crippen LogP contribution in [0, 0.1) is 23.0 Å². The van der Waals surface area contributed by atoms with Crippen molar-refractivity contribution in [2.75, 3.05) is 5.32 Å². The molecule has 1 unspecified atom stereocenters. The Balaban J connectivity index is 3.05. The number of pyridine rings is 1. The number of nitrogens with zero attached hydrogens (tertiary/aromatic N) is 2. The molecule has 0 bridgehead atoms. The van der Waals surface area contributed by atoms with Gasteiger partial charge < -0.3 is 5.32 Å². The summed E-state index contributed by atoms with van der Waals surface area (Å²) in [5.74, 6) is 0.775. The van der Waals surface area contributed by atoms with Crippen LogP contribution in [0.25, 0.3) is 0 Å². The summed E-state index contributed by atoms with van der Waals surface area (Å²) in [5.41, 5.74) is 0.706. The fourth-order valence-corrected chi connectivity index (χ4v) is 1.80. The van der Waals surface area contributed by atoms with Gasteiger partial charge in [0, 0.05) is 17.8 Å². The summed E-state index contributed by atoms with van der Waals surface area (Å²) in [4.78, 5) is 14.7. The Bertz CT molecular complexity index is 405. The summed E-state index contributed by atoms with van der Waals surface area (Å²) in [7, 11) is 0. The Labute approximate surface area is 101 Å². The normalized spacial score (nSPS) is 12.5. The summed E-state index contributed by atoms with van der Waals surface area (Å²) >= 11 is 0. The number of aromatic nitrogens is 1. The van der Waals surface area contributed by atoms with Gasteiger partial charge in [0.25, 0.3) is 0 Å². The van der Waals surface area contributed by atoms with Crippen LogP contribution in [0.1, 0.15) is 32.8 Å². The number of nitrogens with one attached hydrogen (secondary N) is 1. The second kappa shape index (κ2) is 5.61. The second-order valence-electron chi connectivity index (χ2n) is 4.49. The quantitative estimate of drug-likeness (QED) is 0.631. The van der Waals surface area contributed by atoms with Gasteiger partial charge in [0.05, 0.1) is 4.92 Å². The van der Waals surface area contributed by atoms with Crippen LogP contribution >= 0.6 is 0 Å². The lowest BCUT2D eigenvalue weighted by Gasteiger charge is -2.21.